The Morgan fingerprint density at radius 1 is 1.03 bits per heavy atom. The molecule has 1 aliphatic rings. The van der Waals surface area contributed by atoms with E-state index in [2.05, 4.69) is 5.32 Å². The fraction of sp³-hybridized carbons (Fsp3) is 0.316. The molecule has 0 bridgehead atoms. The first-order chi connectivity index (χ1) is 14.0. The third-order valence-electron chi connectivity index (χ3n) is 4.83. The van der Waals surface area contributed by atoms with Crippen LogP contribution in [0.5, 0.6) is 0 Å². The normalized spacial score (nSPS) is 16.4. The summed E-state index contributed by atoms with van der Waals surface area (Å²) in [4.78, 5) is 12.6. The second-order valence-corrected chi connectivity index (χ2v) is 9.60. The zero-order valence-corrected chi connectivity index (χ0v) is 17.7. The van der Waals surface area contributed by atoms with Crippen molar-refractivity contribution in [2.45, 2.75) is 23.9 Å². The predicted molar refractivity (Wildman–Crippen MR) is 108 cm³/mol. The van der Waals surface area contributed by atoms with Crippen molar-refractivity contribution in [2.75, 3.05) is 18.4 Å². The Hall–Kier alpha value is -1.81. The SMILES string of the molecule is O=C(Nc1cc(C(F)(F)F)ccc1Cl)C1CCN(S(=O)(=O)c2ccc(Cl)cc2)CC1. The van der Waals surface area contributed by atoms with Gasteiger partial charge in [-0.1, -0.05) is 23.2 Å². The topological polar surface area (TPSA) is 66.5 Å². The molecular formula is C19H17Cl2F3N2O3S. The van der Waals surface area contributed by atoms with Crippen molar-refractivity contribution in [1.29, 1.82) is 0 Å². The Morgan fingerprint density at radius 3 is 2.20 bits per heavy atom. The summed E-state index contributed by atoms with van der Waals surface area (Å²) in [6, 6.07) is 8.46. The number of nitrogens with one attached hydrogen (secondary N) is 1. The third kappa shape index (κ3) is 5.08. The summed E-state index contributed by atoms with van der Waals surface area (Å²) in [6.45, 7) is 0.221. The molecule has 2 aromatic rings. The fourth-order valence-corrected chi connectivity index (χ4v) is 4.91. The lowest BCUT2D eigenvalue weighted by Crippen LogP contribution is -2.41. The Labute approximate surface area is 181 Å². The molecule has 5 nitrogen and oxygen atoms in total. The van der Waals surface area contributed by atoms with Crippen molar-refractivity contribution < 1.29 is 26.4 Å². The lowest BCUT2D eigenvalue weighted by atomic mass is 9.97. The van der Waals surface area contributed by atoms with E-state index >= 15 is 0 Å². The average molecular weight is 481 g/mol. The number of benzene rings is 2. The molecule has 30 heavy (non-hydrogen) atoms. The van der Waals surface area contributed by atoms with Gasteiger partial charge in [-0.25, -0.2) is 8.42 Å². The number of amides is 1. The van der Waals surface area contributed by atoms with Gasteiger partial charge in [0.2, 0.25) is 15.9 Å². The van der Waals surface area contributed by atoms with Crippen LogP contribution < -0.4 is 5.32 Å². The van der Waals surface area contributed by atoms with E-state index in [0.29, 0.717) is 5.02 Å². The zero-order chi connectivity index (χ0) is 22.1. The first-order valence-electron chi connectivity index (χ1n) is 8.92. The van der Waals surface area contributed by atoms with Crippen molar-refractivity contribution in [2.24, 2.45) is 5.92 Å². The van der Waals surface area contributed by atoms with Gasteiger partial charge >= 0.3 is 6.18 Å². The third-order valence-corrected chi connectivity index (χ3v) is 7.32. The van der Waals surface area contributed by atoms with E-state index in [1.54, 1.807) is 0 Å². The molecule has 0 atom stereocenters. The Bertz CT molecular complexity index is 1040. The maximum atomic E-state index is 12.9. The first kappa shape index (κ1) is 22.9. The molecule has 3 rings (SSSR count). The molecule has 0 spiro atoms. The van der Waals surface area contributed by atoms with Gasteiger partial charge in [-0.3, -0.25) is 4.79 Å². The number of rotatable bonds is 4. The quantitative estimate of drug-likeness (QED) is 0.665. The predicted octanol–water partition coefficient (Wildman–Crippen LogP) is 5.05. The lowest BCUT2D eigenvalue weighted by Gasteiger charge is -2.30. The van der Waals surface area contributed by atoms with Gasteiger partial charge in [0, 0.05) is 24.0 Å². The van der Waals surface area contributed by atoms with Gasteiger partial charge in [0.05, 0.1) is 21.2 Å². The van der Waals surface area contributed by atoms with E-state index < -0.39 is 33.6 Å². The summed E-state index contributed by atoms with van der Waals surface area (Å²) >= 11 is 11.7. The average Bonchev–Trinajstić information content (AvgIpc) is 2.69. The van der Waals surface area contributed by atoms with Crippen molar-refractivity contribution in [3.63, 3.8) is 0 Å². The van der Waals surface area contributed by atoms with E-state index in [4.69, 9.17) is 23.2 Å². The lowest BCUT2D eigenvalue weighted by molar-refractivity contribution is -0.137. The largest absolute Gasteiger partial charge is 0.416 e. The van der Waals surface area contributed by atoms with Crippen molar-refractivity contribution in [3.8, 4) is 0 Å². The van der Waals surface area contributed by atoms with E-state index in [1.807, 2.05) is 0 Å². The van der Waals surface area contributed by atoms with Crippen molar-refractivity contribution in [3.05, 3.63) is 58.1 Å². The number of halogens is 5. The van der Waals surface area contributed by atoms with Crippen LogP contribution in [-0.4, -0.2) is 31.7 Å². The summed E-state index contributed by atoms with van der Waals surface area (Å²) in [5.41, 5.74) is -1.06. The molecule has 2 aromatic carbocycles. The summed E-state index contributed by atoms with van der Waals surface area (Å²) < 4.78 is 65.3. The maximum absolute atomic E-state index is 12.9. The van der Waals surface area contributed by atoms with Gasteiger partial charge in [0.15, 0.2) is 0 Å². The number of alkyl halides is 3. The van der Waals surface area contributed by atoms with Crippen LogP contribution in [0.4, 0.5) is 18.9 Å². The molecule has 1 saturated heterocycles. The standard InChI is InChI=1S/C19H17Cl2F3N2O3S/c20-14-2-4-15(5-3-14)30(28,29)26-9-7-12(8-10-26)18(27)25-17-11-13(19(22,23)24)1-6-16(17)21/h1-6,11-12H,7-10H2,(H,25,27). The summed E-state index contributed by atoms with van der Waals surface area (Å²) in [5.74, 6) is -1.05. The minimum Gasteiger partial charge on any atom is -0.325 e. The summed E-state index contributed by atoms with van der Waals surface area (Å²) in [7, 11) is -3.72. The Balaban J connectivity index is 1.65. The molecule has 0 aliphatic carbocycles. The zero-order valence-electron chi connectivity index (χ0n) is 15.4. The van der Waals surface area contributed by atoms with Crippen molar-refractivity contribution >= 4 is 44.8 Å². The highest BCUT2D eigenvalue weighted by Crippen LogP contribution is 2.34. The minimum atomic E-state index is -4.56. The molecule has 1 aliphatic heterocycles. The number of carbonyl (C=O) groups excluding carboxylic acids is 1. The minimum absolute atomic E-state index is 0.0147. The highest BCUT2D eigenvalue weighted by molar-refractivity contribution is 7.89. The van der Waals surface area contributed by atoms with Gasteiger partial charge in [-0.05, 0) is 55.3 Å². The van der Waals surface area contributed by atoms with Gasteiger partial charge < -0.3 is 5.32 Å². The van der Waals surface area contributed by atoms with Crippen LogP contribution in [0.3, 0.4) is 0 Å². The Morgan fingerprint density at radius 2 is 1.63 bits per heavy atom. The number of piperidine rings is 1. The second kappa shape index (κ2) is 8.74. The van der Waals surface area contributed by atoms with Crippen molar-refractivity contribution in [1.82, 2.24) is 4.31 Å². The number of hydrogen-bond acceptors (Lipinski definition) is 3. The van der Waals surface area contributed by atoms with Crippen LogP contribution in [0.15, 0.2) is 47.4 Å². The molecule has 0 aromatic heterocycles. The summed E-state index contributed by atoms with van der Waals surface area (Å²) in [5, 5.41) is 2.83. The van der Waals surface area contributed by atoms with Gasteiger partial charge in [0.1, 0.15) is 0 Å². The van der Waals surface area contributed by atoms with Crippen LogP contribution in [0.25, 0.3) is 0 Å². The van der Waals surface area contributed by atoms with Crippen LogP contribution in [-0.2, 0) is 21.0 Å². The van der Waals surface area contributed by atoms with Crippen LogP contribution in [0.1, 0.15) is 18.4 Å². The number of carbonyl (C=O) groups is 1. The molecule has 0 unspecified atom stereocenters. The molecule has 1 N–H and O–H groups in total. The van der Waals surface area contributed by atoms with E-state index in [0.717, 1.165) is 18.2 Å². The van der Waals surface area contributed by atoms with Crippen LogP contribution >= 0.6 is 23.2 Å². The smallest absolute Gasteiger partial charge is 0.325 e. The fourth-order valence-electron chi connectivity index (χ4n) is 3.15. The monoisotopic (exact) mass is 480 g/mol. The van der Waals surface area contributed by atoms with E-state index in [9.17, 15) is 26.4 Å². The molecule has 11 heteroatoms. The molecular weight excluding hydrogens is 464 g/mol. The van der Waals surface area contributed by atoms with Gasteiger partial charge in [-0.2, -0.15) is 17.5 Å². The van der Waals surface area contributed by atoms with Gasteiger partial charge in [-0.15, -0.1) is 0 Å². The van der Waals surface area contributed by atoms with E-state index in [1.165, 1.54) is 28.6 Å². The highest BCUT2D eigenvalue weighted by atomic mass is 35.5. The number of sulfonamides is 1. The molecule has 1 heterocycles. The molecule has 1 amide bonds. The molecule has 0 saturated carbocycles. The number of anilines is 1. The van der Waals surface area contributed by atoms with E-state index in [-0.39, 0.29) is 41.5 Å². The Kier molecular flexibility index (Phi) is 6.66. The maximum Gasteiger partial charge on any atom is 0.416 e. The van der Waals surface area contributed by atoms with Gasteiger partial charge in [0.25, 0.3) is 0 Å². The second-order valence-electron chi connectivity index (χ2n) is 6.81. The molecule has 1 fully saturated rings. The summed E-state index contributed by atoms with van der Waals surface area (Å²) in [6.07, 6.45) is -4.10. The first-order valence-corrected chi connectivity index (χ1v) is 11.1. The van der Waals surface area contributed by atoms with Crippen LogP contribution in [0, 0.1) is 5.92 Å². The molecule has 162 valence electrons. The van der Waals surface area contributed by atoms with Crippen LogP contribution in [0.2, 0.25) is 10.0 Å². The highest BCUT2D eigenvalue weighted by Gasteiger charge is 2.33. The number of hydrogen-bond donors (Lipinski definition) is 1. The molecule has 0 radical (unpaired) electrons. The number of nitrogens with zero attached hydrogens (tertiary/aromatic N) is 1.